The first-order chi connectivity index (χ1) is 12.9. The van der Waals surface area contributed by atoms with Gasteiger partial charge in [0.15, 0.2) is 0 Å². The van der Waals surface area contributed by atoms with E-state index in [0.717, 1.165) is 11.3 Å². The Bertz CT molecular complexity index is 775. The van der Waals surface area contributed by atoms with Crippen molar-refractivity contribution in [1.82, 2.24) is 0 Å². The minimum absolute atomic E-state index is 0.275. The average Bonchev–Trinajstić information content (AvgIpc) is 2.67. The fraction of sp³-hybridized carbons (Fsp3) is 0.476. The highest BCUT2D eigenvalue weighted by atomic mass is 16.5. The van der Waals surface area contributed by atoms with Gasteiger partial charge in [-0.15, -0.1) is 0 Å². The first-order valence-electron chi connectivity index (χ1n) is 8.87. The van der Waals surface area contributed by atoms with Gasteiger partial charge < -0.3 is 14.6 Å². The summed E-state index contributed by atoms with van der Waals surface area (Å²) in [6.07, 6.45) is 0.720. The van der Waals surface area contributed by atoms with Gasteiger partial charge in [0.1, 0.15) is 11.9 Å². The number of aliphatic hydroxyl groups excluding tert-OH is 1. The lowest BCUT2D eigenvalue weighted by atomic mass is 9.68. The van der Waals surface area contributed by atoms with E-state index < -0.39 is 29.6 Å². The number of esters is 1. The molecular weight excluding hydrogens is 344 g/mol. The van der Waals surface area contributed by atoms with Crippen molar-refractivity contribution >= 4 is 5.97 Å². The predicted octanol–water partition coefficient (Wildman–Crippen LogP) is 3.51. The van der Waals surface area contributed by atoms with Crippen LogP contribution in [0, 0.1) is 19.1 Å². The van der Waals surface area contributed by atoms with Crippen LogP contribution in [0.25, 0.3) is 9.69 Å². The monoisotopic (exact) mass is 370 g/mol. The Kier molecular flexibility index (Phi) is 6.60. The molecule has 4 unspecified atom stereocenters. The van der Waals surface area contributed by atoms with E-state index in [1.54, 1.807) is 7.11 Å². The molecule has 1 saturated carbocycles. The molecule has 4 atom stereocenters. The summed E-state index contributed by atoms with van der Waals surface area (Å²) in [6, 6.07) is 7.45. The first kappa shape index (κ1) is 20.5. The van der Waals surface area contributed by atoms with Crippen LogP contribution in [0.1, 0.15) is 31.7 Å². The molecule has 0 bridgehead atoms. The summed E-state index contributed by atoms with van der Waals surface area (Å²) in [7, 11) is 1.59. The van der Waals surface area contributed by atoms with Crippen molar-refractivity contribution in [2.24, 2.45) is 5.92 Å². The lowest BCUT2D eigenvalue weighted by Gasteiger charge is -2.35. The van der Waals surface area contributed by atoms with Gasteiger partial charge in [0.05, 0.1) is 25.6 Å². The van der Waals surface area contributed by atoms with Gasteiger partial charge >= 0.3 is 17.2 Å². The van der Waals surface area contributed by atoms with Crippen LogP contribution in [0.4, 0.5) is 0 Å². The number of aliphatic hydroxyl groups is 1. The van der Waals surface area contributed by atoms with E-state index in [1.165, 1.54) is 6.92 Å². The van der Waals surface area contributed by atoms with Crippen LogP contribution in [0.3, 0.4) is 0 Å². The maximum atomic E-state index is 11.6. The lowest BCUT2D eigenvalue weighted by molar-refractivity contribution is -0.154. The number of hydrogen-bond donors (Lipinski definition) is 1. The normalized spacial score (nSPS) is 24.0. The van der Waals surface area contributed by atoms with Crippen LogP contribution in [0.15, 0.2) is 36.5 Å². The molecule has 1 fully saturated rings. The average molecular weight is 370 g/mol. The number of rotatable bonds is 6. The molecule has 1 aliphatic carbocycles. The molecule has 0 aromatic heterocycles. The van der Waals surface area contributed by atoms with Crippen LogP contribution >= 0.6 is 0 Å². The Morgan fingerprint density at radius 3 is 2.52 bits per heavy atom. The number of hydrogen-bond acceptors (Lipinski definition) is 4. The molecule has 0 aliphatic heterocycles. The number of carbonyl (C=O) groups is 1. The van der Waals surface area contributed by atoms with E-state index in [9.17, 15) is 9.90 Å². The van der Waals surface area contributed by atoms with Crippen LogP contribution in [0.2, 0.25) is 0 Å². The number of benzene rings is 1. The lowest BCUT2D eigenvalue weighted by Crippen LogP contribution is -2.49. The maximum Gasteiger partial charge on any atom is 0.399 e. The molecule has 142 valence electrons. The standard InChI is InChI=1S/C21H26N2O4/c1-14(22-3)21(23-4,13-16-6-9-18(26-5)10-7-16)19-12-17(25)8-11-20(19)27-15(2)24/h3-4,6-7,9-10,17,19-20,25H,1,8,11-13H2,2,5H3/q+2. The van der Waals surface area contributed by atoms with E-state index in [-0.39, 0.29) is 5.70 Å². The SMILES string of the molecule is C#[N+]C(=C)C(Cc1ccc(OC)cc1)([N+]#C)C1CC(O)CCC1OC(C)=O. The van der Waals surface area contributed by atoms with Crippen molar-refractivity contribution in [2.75, 3.05) is 7.11 Å². The molecule has 1 N–H and O–H groups in total. The zero-order chi connectivity index (χ0) is 20.0. The highest BCUT2D eigenvalue weighted by molar-refractivity contribution is 5.66. The molecule has 6 heteroatoms. The van der Waals surface area contributed by atoms with Gasteiger partial charge in [0, 0.05) is 6.92 Å². The number of nitrogens with zero attached hydrogens (tertiary/aromatic N) is 2. The van der Waals surface area contributed by atoms with Crippen molar-refractivity contribution in [2.45, 2.75) is 50.4 Å². The second kappa shape index (κ2) is 8.70. The quantitative estimate of drug-likeness (QED) is 0.779. The second-order valence-electron chi connectivity index (χ2n) is 6.88. The topological polar surface area (TPSA) is 64.5 Å². The van der Waals surface area contributed by atoms with Crippen molar-refractivity contribution in [3.05, 3.63) is 51.8 Å². The number of methoxy groups -OCH3 is 1. The molecule has 0 amide bonds. The molecule has 0 saturated heterocycles. The Morgan fingerprint density at radius 1 is 1.33 bits per heavy atom. The van der Waals surface area contributed by atoms with E-state index >= 15 is 0 Å². The Balaban J connectivity index is 2.46. The molecular formula is C21H26N2O4+2. The van der Waals surface area contributed by atoms with Crippen LogP contribution < -0.4 is 4.74 Å². The van der Waals surface area contributed by atoms with Gasteiger partial charge in [-0.2, -0.15) is 0 Å². The first-order valence-corrected chi connectivity index (χ1v) is 8.87. The van der Waals surface area contributed by atoms with Crippen molar-refractivity contribution in [3.8, 4) is 18.9 Å². The zero-order valence-electron chi connectivity index (χ0n) is 15.8. The van der Waals surface area contributed by atoms with Crippen LogP contribution in [-0.2, 0) is 16.0 Å². The largest absolute Gasteiger partial charge is 0.497 e. The second-order valence-corrected chi connectivity index (χ2v) is 6.88. The highest BCUT2D eigenvalue weighted by Gasteiger charge is 2.62. The summed E-state index contributed by atoms with van der Waals surface area (Å²) in [6.45, 7) is 16.7. The third-order valence-corrected chi connectivity index (χ3v) is 5.21. The molecule has 6 nitrogen and oxygen atoms in total. The molecule has 0 spiro atoms. The highest BCUT2D eigenvalue weighted by Crippen LogP contribution is 2.44. The van der Waals surface area contributed by atoms with Gasteiger partial charge in [-0.05, 0) is 48.4 Å². The van der Waals surface area contributed by atoms with Gasteiger partial charge in [0.2, 0.25) is 0 Å². The van der Waals surface area contributed by atoms with Crippen LogP contribution in [-0.4, -0.2) is 35.9 Å². The molecule has 1 aromatic carbocycles. The van der Waals surface area contributed by atoms with Gasteiger partial charge in [-0.3, -0.25) is 4.79 Å². The third kappa shape index (κ3) is 4.48. The minimum Gasteiger partial charge on any atom is -0.497 e. The zero-order valence-corrected chi connectivity index (χ0v) is 15.8. The minimum atomic E-state index is -1.11. The molecule has 2 rings (SSSR count). The van der Waals surface area contributed by atoms with Crippen molar-refractivity contribution in [1.29, 1.82) is 0 Å². The smallest absolute Gasteiger partial charge is 0.399 e. The maximum absolute atomic E-state index is 11.6. The number of ether oxygens (including phenoxy) is 2. The van der Waals surface area contributed by atoms with Gasteiger partial charge in [-0.1, -0.05) is 17.0 Å². The summed E-state index contributed by atoms with van der Waals surface area (Å²) >= 11 is 0. The Hall–Kier alpha value is -2.83. The van der Waals surface area contributed by atoms with Crippen molar-refractivity contribution in [3.63, 3.8) is 0 Å². The summed E-state index contributed by atoms with van der Waals surface area (Å²) in [5.41, 5.74) is 0.0821. The Morgan fingerprint density at radius 2 is 2.00 bits per heavy atom. The molecule has 27 heavy (non-hydrogen) atoms. The summed E-state index contributed by atoms with van der Waals surface area (Å²) < 4.78 is 10.7. The molecule has 0 heterocycles. The predicted molar refractivity (Wildman–Crippen MR) is 104 cm³/mol. The van der Waals surface area contributed by atoms with E-state index in [2.05, 4.69) is 16.3 Å². The van der Waals surface area contributed by atoms with Crippen LogP contribution in [0.5, 0.6) is 5.75 Å². The third-order valence-electron chi connectivity index (χ3n) is 5.21. The summed E-state index contributed by atoms with van der Waals surface area (Å²) in [5, 5.41) is 10.2. The number of carbonyl (C=O) groups excluding carboxylic acids is 1. The van der Waals surface area contributed by atoms with E-state index in [1.807, 2.05) is 24.3 Å². The fourth-order valence-electron chi connectivity index (χ4n) is 3.81. The van der Waals surface area contributed by atoms with Gasteiger partial charge in [-0.25, -0.2) is 0 Å². The summed E-state index contributed by atoms with van der Waals surface area (Å²) in [4.78, 5) is 19.5. The summed E-state index contributed by atoms with van der Waals surface area (Å²) in [5.74, 6) is -0.0774. The Labute approximate surface area is 160 Å². The molecule has 1 aliphatic rings. The van der Waals surface area contributed by atoms with E-state index in [4.69, 9.17) is 22.6 Å². The van der Waals surface area contributed by atoms with Gasteiger partial charge in [0.25, 0.3) is 13.1 Å². The molecule has 1 aromatic rings. The molecule has 0 radical (unpaired) electrons. The van der Waals surface area contributed by atoms with E-state index in [0.29, 0.717) is 25.7 Å². The fourth-order valence-corrected chi connectivity index (χ4v) is 3.81. The van der Waals surface area contributed by atoms with Crippen molar-refractivity contribution < 1.29 is 19.4 Å².